The Balaban J connectivity index is 2.29. The Labute approximate surface area is 143 Å². The van der Waals surface area contributed by atoms with E-state index in [1.54, 1.807) is 12.1 Å². The molecule has 0 aliphatic rings. The first-order valence-corrected chi connectivity index (χ1v) is 8.16. The van der Waals surface area contributed by atoms with Crippen molar-refractivity contribution >= 4 is 39.1 Å². The summed E-state index contributed by atoms with van der Waals surface area (Å²) >= 11 is 15.7. The van der Waals surface area contributed by atoms with Gasteiger partial charge in [0.2, 0.25) is 0 Å². The lowest BCUT2D eigenvalue weighted by atomic mass is 10.2. The molecule has 0 spiro atoms. The van der Waals surface area contributed by atoms with Crippen molar-refractivity contribution < 1.29 is 4.74 Å². The first-order chi connectivity index (χ1) is 9.97. The molecule has 0 aliphatic heterocycles. The van der Waals surface area contributed by atoms with Crippen molar-refractivity contribution in [1.29, 1.82) is 0 Å². The molecule has 2 aromatic rings. The summed E-state index contributed by atoms with van der Waals surface area (Å²) in [7, 11) is 0. The van der Waals surface area contributed by atoms with Gasteiger partial charge in [-0.3, -0.25) is 0 Å². The van der Waals surface area contributed by atoms with E-state index < -0.39 is 0 Å². The minimum atomic E-state index is 0.399. The molecule has 5 heteroatoms. The van der Waals surface area contributed by atoms with Gasteiger partial charge in [-0.25, -0.2) is 0 Å². The van der Waals surface area contributed by atoms with Crippen molar-refractivity contribution in [3.8, 4) is 11.5 Å². The number of hydrogen-bond donors (Lipinski definition) is 1. The van der Waals surface area contributed by atoms with Gasteiger partial charge >= 0.3 is 0 Å². The number of ether oxygens (including phenoxy) is 1. The highest BCUT2D eigenvalue weighted by Crippen LogP contribution is 2.36. The average Bonchev–Trinajstić information content (AvgIpc) is 2.43. The molecule has 0 radical (unpaired) electrons. The van der Waals surface area contributed by atoms with Crippen LogP contribution in [0, 0.1) is 0 Å². The second-order valence-corrected chi connectivity index (χ2v) is 6.64. The lowest BCUT2D eigenvalue weighted by Crippen LogP contribution is -2.22. The standard InChI is InChI=1S/C16H16BrCl2NO/c1-10(2)20-9-11-6-7-12(17)8-15(11)21-14-5-3-4-13(18)16(14)19/h3-8,10,20H,9H2,1-2H3. The molecule has 0 aliphatic carbocycles. The van der Waals surface area contributed by atoms with Gasteiger partial charge in [0.15, 0.2) is 0 Å². The summed E-state index contributed by atoms with van der Waals surface area (Å²) < 4.78 is 6.90. The van der Waals surface area contributed by atoms with Crippen molar-refractivity contribution in [3.63, 3.8) is 0 Å². The largest absolute Gasteiger partial charge is 0.455 e. The summed E-state index contributed by atoms with van der Waals surface area (Å²) in [5.41, 5.74) is 1.06. The third kappa shape index (κ3) is 4.62. The normalized spacial score (nSPS) is 11.0. The summed E-state index contributed by atoms with van der Waals surface area (Å²) in [6.07, 6.45) is 0. The zero-order valence-corrected chi connectivity index (χ0v) is 14.9. The Hall–Kier alpha value is -0.740. The van der Waals surface area contributed by atoms with Gasteiger partial charge < -0.3 is 10.1 Å². The fraction of sp³-hybridized carbons (Fsp3) is 0.250. The van der Waals surface area contributed by atoms with Crippen LogP contribution in [0.15, 0.2) is 40.9 Å². The Bertz CT molecular complexity index is 632. The zero-order valence-electron chi connectivity index (χ0n) is 11.8. The maximum Gasteiger partial charge on any atom is 0.147 e. The number of halogens is 3. The zero-order chi connectivity index (χ0) is 15.4. The second kappa shape index (κ2) is 7.50. The van der Waals surface area contributed by atoms with Crippen LogP contribution in [0.1, 0.15) is 19.4 Å². The van der Waals surface area contributed by atoms with Gasteiger partial charge in [0.05, 0.1) is 5.02 Å². The number of hydrogen-bond acceptors (Lipinski definition) is 2. The van der Waals surface area contributed by atoms with Crippen LogP contribution in [-0.4, -0.2) is 6.04 Å². The van der Waals surface area contributed by atoms with E-state index in [1.807, 2.05) is 24.3 Å². The second-order valence-electron chi connectivity index (χ2n) is 4.94. The molecular weight excluding hydrogens is 373 g/mol. The molecule has 2 aromatic carbocycles. The van der Waals surface area contributed by atoms with Gasteiger partial charge in [0.25, 0.3) is 0 Å². The molecule has 2 rings (SSSR count). The Morgan fingerprint density at radius 2 is 1.90 bits per heavy atom. The Kier molecular flexibility index (Phi) is 5.94. The van der Waals surface area contributed by atoms with E-state index in [1.165, 1.54) is 0 Å². The van der Waals surface area contributed by atoms with Gasteiger partial charge in [-0.05, 0) is 24.3 Å². The molecule has 0 saturated heterocycles. The molecule has 21 heavy (non-hydrogen) atoms. The topological polar surface area (TPSA) is 21.3 Å². The molecule has 2 nitrogen and oxygen atoms in total. The fourth-order valence-corrected chi connectivity index (χ4v) is 2.44. The van der Waals surface area contributed by atoms with Crippen LogP contribution in [-0.2, 0) is 6.54 Å². The maximum atomic E-state index is 6.18. The van der Waals surface area contributed by atoms with E-state index in [-0.39, 0.29) is 0 Å². The SMILES string of the molecule is CC(C)NCc1ccc(Br)cc1Oc1cccc(Cl)c1Cl. The van der Waals surface area contributed by atoms with Crippen LogP contribution < -0.4 is 10.1 Å². The van der Waals surface area contributed by atoms with Gasteiger partial charge in [0, 0.05) is 22.6 Å². The molecule has 0 bridgehead atoms. The van der Waals surface area contributed by atoms with E-state index in [0.717, 1.165) is 22.3 Å². The molecule has 0 heterocycles. The van der Waals surface area contributed by atoms with Crippen LogP contribution in [0.25, 0.3) is 0 Å². The van der Waals surface area contributed by atoms with E-state index >= 15 is 0 Å². The highest BCUT2D eigenvalue weighted by molar-refractivity contribution is 9.10. The van der Waals surface area contributed by atoms with Crippen molar-refractivity contribution in [3.05, 3.63) is 56.5 Å². The predicted molar refractivity (Wildman–Crippen MR) is 92.7 cm³/mol. The molecule has 0 fully saturated rings. The third-order valence-corrected chi connectivity index (χ3v) is 4.16. The minimum Gasteiger partial charge on any atom is -0.455 e. The first kappa shape index (κ1) is 16.6. The molecular formula is C16H16BrCl2NO. The summed E-state index contributed by atoms with van der Waals surface area (Å²) in [5, 5.41) is 4.28. The molecule has 0 saturated carbocycles. The van der Waals surface area contributed by atoms with E-state index in [9.17, 15) is 0 Å². The van der Waals surface area contributed by atoms with E-state index in [2.05, 4.69) is 35.1 Å². The fourth-order valence-electron chi connectivity index (χ4n) is 1.76. The monoisotopic (exact) mass is 387 g/mol. The van der Waals surface area contributed by atoms with Gasteiger partial charge in [0.1, 0.15) is 16.5 Å². The van der Waals surface area contributed by atoms with Crippen molar-refractivity contribution in [2.75, 3.05) is 0 Å². The molecule has 0 unspecified atom stereocenters. The lowest BCUT2D eigenvalue weighted by molar-refractivity contribution is 0.469. The summed E-state index contributed by atoms with van der Waals surface area (Å²) in [6.45, 7) is 4.93. The molecule has 0 atom stereocenters. The molecule has 0 amide bonds. The number of rotatable bonds is 5. The molecule has 0 aromatic heterocycles. The molecule has 112 valence electrons. The third-order valence-electron chi connectivity index (χ3n) is 2.87. The molecule has 1 N–H and O–H groups in total. The number of nitrogens with one attached hydrogen (secondary N) is 1. The van der Waals surface area contributed by atoms with Crippen molar-refractivity contribution in [2.45, 2.75) is 26.4 Å². The van der Waals surface area contributed by atoms with E-state index in [0.29, 0.717) is 21.8 Å². The average molecular weight is 389 g/mol. The van der Waals surface area contributed by atoms with E-state index in [4.69, 9.17) is 27.9 Å². The van der Waals surface area contributed by atoms with Gasteiger partial charge in [-0.1, -0.05) is 65.1 Å². The first-order valence-electron chi connectivity index (χ1n) is 6.61. The van der Waals surface area contributed by atoms with Crippen LogP contribution in [0.4, 0.5) is 0 Å². The highest BCUT2D eigenvalue weighted by Gasteiger charge is 2.11. The predicted octanol–water partition coefficient (Wildman–Crippen LogP) is 6.05. The van der Waals surface area contributed by atoms with Gasteiger partial charge in [-0.15, -0.1) is 0 Å². The quantitative estimate of drug-likeness (QED) is 0.673. The van der Waals surface area contributed by atoms with Crippen LogP contribution in [0.3, 0.4) is 0 Å². The van der Waals surface area contributed by atoms with Gasteiger partial charge in [-0.2, -0.15) is 0 Å². The highest BCUT2D eigenvalue weighted by atomic mass is 79.9. The lowest BCUT2D eigenvalue weighted by Gasteiger charge is -2.15. The number of benzene rings is 2. The van der Waals surface area contributed by atoms with Crippen LogP contribution in [0.5, 0.6) is 11.5 Å². The van der Waals surface area contributed by atoms with Crippen molar-refractivity contribution in [1.82, 2.24) is 5.32 Å². The maximum absolute atomic E-state index is 6.18. The summed E-state index contributed by atoms with van der Waals surface area (Å²) in [6, 6.07) is 11.7. The van der Waals surface area contributed by atoms with Crippen LogP contribution >= 0.6 is 39.1 Å². The summed E-state index contributed by atoms with van der Waals surface area (Å²) in [4.78, 5) is 0. The smallest absolute Gasteiger partial charge is 0.147 e. The minimum absolute atomic E-state index is 0.399. The Morgan fingerprint density at radius 1 is 1.14 bits per heavy atom. The van der Waals surface area contributed by atoms with Crippen molar-refractivity contribution in [2.24, 2.45) is 0 Å². The summed E-state index contributed by atoms with van der Waals surface area (Å²) in [5.74, 6) is 1.30. The van der Waals surface area contributed by atoms with Crippen LogP contribution in [0.2, 0.25) is 10.0 Å². The Morgan fingerprint density at radius 3 is 2.62 bits per heavy atom.